The van der Waals surface area contributed by atoms with Gasteiger partial charge in [-0.25, -0.2) is 0 Å². The third-order valence-electron chi connectivity index (χ3n) is 14.4. The number of thiophene rings is 2. The molecular formula is C64H42O12S2. The number of aliphatic hydroxyl groups is 1. The number of Topliss-reactive ketones (excluding diaryl/α,β-unsaturated/α-hetero) is 3. The molecule has 382 valence electrons. The van der Waals surface area contributed by atoms with Crippen molar-refractivity contribution in [3.8, 4) is 0 Å². The molecule has 14 heteroatoms. The molecule has 4 aliphatic carbocycles. The first kappa shape index (κ1) is 49.7. The molecule has 1 atom stereocenters. The second kappa shape index (κ2) is 20.1. The summed E-state index contributed by atoms with van der Waals surface area (Å²) in [5.74, 6) is -6.02. The number of benzene rings is 6. The van der Waals surface area contributed by atoms with E-state index in [1.54, 1.807) is 164 Å². The van der Waals surface area contributed by atoms with Gasteiger partial charge in [-0.05, 0) is 63.3 Å². The summed E-state index contributed by atoms with van der Waals surface area (Å²) >= 11 is 2.11. The topological polar surface area (TPSA) is 177 Å². The van der Waals surface area contributed by atoms with Gasteiger partial charge >= 0.3 is 23.9 Å². The molecule has 1 unspecified atom stereocenters. The number of hydrogen-bond acceptors (Lipinski definition) is 14. The molecule has 12 rings (SSSR count). The van der Waals surface area contributed by atoms with Crippen molar-refractivity contribution in [2.75, 3.05) is 0 Å². The average Bonchev–Trinajstić information content (AvgIpc) is 3.85. The van der Waals surface area contributed by atoms with Crippen LogP contribution in [0.2, 0.25) is 0 Å². The zero-order valence-electron chi connectivity index (χ0n) is 41.1. The molecule has 2 aromatic heterocycles. The summed E-state index contributed by atoms with van der Waals surface area (Å²) in [6.07, 6.45) is 4.28. The Balaban J connectivity index is 1.09. The van der Waals surface area contributed by atoms with E-state index < -0.39 is 58.2 Å². The zero-order valence-corrected chi connectivity index (χ0v) is 42.8. The van der Waals surface area contributed by atoms with Crippen LogP contribution in [0.4, 0.5) is 0 Å². The molecule has 0 fully saturated rings. The summed E-state index contributed by atoms with van der Waals surface area (Å²) in [6.45, 7) is -1.13. The van der Waals surface area contributed by atoms with Crippen molar-refractivity contribution in [3.05, 3.63) is 270 Å². The Labute approximate surface area is 453 Å². The maximum atomic E-state index is 15.7. The molecule has 4 aliphatic rings. The van der Waals surface area contributed by atoms with E-state index in [1.165, 1.54) is 30.4 Å². The highest BCUT2D eigenvalue weighted by Gasteiger charge is 2.63. The Morgan fingerprint density at radius 2 is 0.769 bits per heavy atom. The first-order chi connectivity index (χ1) is 38.0. The van der Waals surface area contributed by atoms with Gasteiger partial charge in [0.05, 0.1) is 15.0 Å². The lowest BCUT2D eigenvalue weighted by Gasteiger charge is -2.29. The van der Waals surface area contributed by atoms with Crippen molar-refractivity contribution >= 4 is 85.5 Å². The van der Waals surface area contributed by atoms with Crippen LogP contribution >= 0.6 is 22.7 Å². The smallest absolute Gasteiger partial charge is 0.333 e. The summed E-state index contributed by atoms with van der Waals surface area (Å²) < 4.78 is 25.2. The van der Waals surface area contributed by atoms with Crippen LogP contribution in [0.5, 0.6) is 0 Å². The van der Waals surface area contributed by atoms with Crippen molar-refractivity contribution in [2.45, 2.75) is 43.4 Å². The van der Waals surface area contributed by atoms with Gasteiger partial charge in [0, 0.05) is 43.1 Å². The summed E-state index contributed by atoms with van der Waals surface area (Å²) in [7, 11) is 0. The number of fused-ring (bicyclic) bond motifs is 7. The van der Waals surface area contributed by atoms with E-state index in [0.29, 0.717) is 37.6 Å². The number of ketones is 3. The molecule has 1 N–H and O–H groups in total. The van der Waals surface area contributed by atoms with Crippen molar-refractivity contribution in [3.63, 3.8) is 0 Å². The number of aliphatic hydroxyl groups excluding tert-OH is 1. The lowest BCUT2D eigenvalue weighted by Crippen LogP contribution is -2.46. The van der Waals surface area contributed by atoms with E-state index in [9.17, 15) is 19.5 Å². The molecule has 2 heterocycles. The predicted molar refractivity (Wildman–Crippen MR) is 291 cm³/mol. The fourth-order valence-corrected chi connectivity index (χ4v) is 13.6. The van der Waals surface area contributed by atoms with Crippen molar-refractivity contribution in [1.29, 1.82) is 0 Å². The average molecular weight is 1070 g/mol. The highest BCUT2D eigenvalue weighted by atomic mass is 32.1. The minimum atomic E-state index is -2.52. The van der Waals surface area contributed by atoms with Gasteiger partial charge in [0.15, 0.2) is 17.3 Å². The van der Waals surface area contributed by atoms with Gasteiger partial charge in [0.25, 0.3) is 0 Å². The van der Waals surface area contributed by atoms with E-state index in [1.807, 2.05) is 0 Å². The number of esters is 4. The Hall–Kier alpha value is -9.21. The molecule has 8 aromatic rings. The maximum Gasteiger partial charge on any atom is 0.333 e. The van der Waals surface area contributed by atoms with Crippen LogP contribution in [-0.2, 0) is 75.4 Å². The van der Waals surface area contributed by atoms with Gasteiger partial charge in [0.2, 0.25) is 10.8 Å². The summed E-state index contributed by atoms with van der Waals surface area (Å²) in [5, 5.41) is 11.8. The zero-order chi connectivity index (χ0) is 53.7. The highest BCUT2D eigenvalue weighted by molar-refractivity contribution is 7.29. The highest BCUT2D eigenvalue weighted by Crippen LogP contribution is 2.60. The fraction of sp³-hybridized carbons (Fsp3) is 0.109. The molecule has 0 saturated heterocycles. The second-order valence-electron chi connectivity index (χ2n) is 19.0. The van der Waals surface area contributed by atoms with Gasteiger partial charge in [-0.1, -0.05) is 170 Å². The minimum Gasteiger partial charge on any atom is -0.459 e. The second-order valence-corrected chi connectivity index (χ2v) is 21.1. The largest absolute Gasteiger partial charge is 0.459 e. The monoisotopic (exact) mass is 1070 g/mol. The SMILES string of the molecule is O=C1C(=CC2=Cc3sc4c5c(sc4c3C2(C(=O)OCc2ccccc2)C(=O)OCc2ccccc2)C=C(/C=C2/C(=O)c3ccccc3C2O)C5(C(=O)OCc2ccccc2)C(=O)OCc2ccccc2)C(=O)c2ccccc21. The number of rotatable bonds is 14. The van der Waals surface area contributed by atoms with E-state index in [2.05, 4.69) is 0 Å². The van der Waals surface area contributed by atoms with Crippen molar-refractivity contribution < 1.29 is 57.6 Å². The maximum absolute atomic E-state index is 15.7. The summed E-state index contributed by atoms with van der Waals surface area (Å²) in [6, 6.07) is 48.3. The predicted octanol–water partition coefficient (Wildman–Crippen LogP) is 11.1. The van der Waals surface area contributed by atoms with E-state index >= 15 is 19.2 Å². The molecule has 0 aliphatic heterocycles. The number of allylic oxidation sites excluding steroid dienone is 3. The minimum absolute atomic E-state index is 0.0277. The lowest BCUT2D eigenvalue weighted by molar-refractivity contribution is -0.166. The molecule has 6 aromatic carbocycles. The Kier molecular flexibility index (Phi) is 12.8. The first-order valence-corrected chi connectivity index (χ1v) is 26.5. The molecule has 0 saturated carbocycles. The molecule has 0 radical (unpaired) electrons. The van der Waals surface area contributed by atoms with Crippen molar-refractivity contribution in [2.24, 2.45) is 0 Å². The van der Waals surface area contributed by atoms with Crippen LogP contribution in [0.1, 0.15) is 85.9 Å². The third-order valence-corrected chi connectivity index (χ3v) is 16.9. The van der Waals surface area contributed by atoms with E-state index in [-0.39, 0.29) is 85.9 Å². The quantitative estimate of drug-likeness (QED) is 0.0359. The van der Waals surface area contributed by atoms with Crippen LogP contribution in [0.15, 0.2) is 204 Å². The Morgan fingerprint density at radius 1 is 0.436 bits per heavy atom. The van der Waals surface area contributed by atoms with Gasteiger partial charge in [0.1, 0.15) is 32.5 Å². The van der Waals surface area contributed by atoms with Gasteiger partial charge in [-0.2, -0.15) is 0 Å². The van der Waals surface area contributed by atoms with Crippen LogP contribution < -0.4 is 0 Å². The lowest BCUT2D eigenvalue weighted by atomic mass is 9.75. The van der Waals surface area contributed by atoms with Gasteiger partial charge in [-0.3, -0.25) is 33.6 Å². The first-order valence-electron chi connectivity index (χ1n) is 24.8. The summed E-state index contributed by atoms with van der Waals surface area (Å²) in [5.41, 5.74) is -2.03. The van der Waals surface area contributed by atoms with E-state index in [4.69, 9.17) is 18.9 Å². The van der Waals surface area contributed by atoms with Crippen LogP contribution in [0, 0.1) is 0 Å². The Bertz CT molecular complexity index is 3810. The standard InChI is InChI=1S/C64H42O12S2/c65-53-43-25-13-14-26-44(43)54(66)47(53)29-41-31-49-51(63(41,59(69)73-33-37-17-5-1-6-18-37)60(70)74-34-38-19-7-2-8-20-38)57-58(77-49)52-50(78-57)32-42(30-48-55(67)45-27-15-16-28-46(45)56(48)68)64(52,61(71)75-35-39-21-9-3-10-22-39)62(72)76-36-40-23-11-4-12-24-40/h1-32,53,65H,33-36H2/b47-29+. The fourth-order valence-electron chi connectivity index (χ4n) is 10.6. The van der Waals surface area contributed by atoms with Crippen LogP contribution in [0.25, 0.3) is 21.6 Å². The number of carbonyl (C=O) groups is 7. The van der Waals surface area contributed by atoms with Gasteiger partial charge < -0.3 is 24.1 Å². The molecule has 0 spiro atoms. The Morgan fingerprint density at radius 3 is 1.14 bits per heavy atom. The normalized spacial score (nSPS) is 16.7. The molecule has 0 amide bonds. The number of hydrogen-bond donors (Lipinski definition) is 1. The number of ether oxygens (including phenoxy) is 4. The molecule has 78 heavy (non-hydrogen) atoms. The molecular weight excluding hydrogens is 1020 g/mol. The van der Waals surface area contributed by atoms with Gasteiger partial charge in [-0.15, -0.1) is 22.7 Å². The van der Waals surface area contributed by atoms with Crippen LogP contribution in [-0.4, -0.2) is 46.3 Å². The van der Waals surface area contributed by atoms with E-state index in [0.717, 1.165) is 22.7 Å². The van der Waals surface area contributed by atoms with Crippen LogP contribution in [0.3, 0.4) is 0 Å². The number of carbonyl (C=O) groups excluding carboxylic acids is 7. The summed E-state index contributed by atoms with van der Waals surface area (Å²) in [4.78, 5) is 106. The molecule has 0 bridgehead atoms. The third kappa shape index (κ3) is 8.11. The molecule has 12 nitrogen and oxygen atoms in total. The van der Waals surface area contributed by atoms with Crippen molar-refractivity contribution in [1.82, 2.24) is 0 Å².